The molecule has 3 rings (SSSR count). The second-order valence-electron chi connectivity index (χ2n) is 4.22. The van der Waals surface area contributed by atoms with Gasteiger partial charge in [-0.05, 0) is 35.4 Å². The summed E-state index contributed by atoms with van der Waals surface area (Å²) < 4.78 is 0. The van der Waals surface area contributed by atoms with Gasteiger partial charge in [0, 0.05) is 11.1 Å². The van der Waals surface area contributed by atoms with Crippen LogP contribution in [0.25, 0.3) is 11.1 Å². The van der Waals surface area contributed by atoms with Crippen molar-refractivity contribution in [3.63, 3.8) is 0 Å². The Morgan fingerprint density at radius 2 is 0.895 bits per heavy atom. The summed E-state index contributed by atoms with van der Waals surface area (Å²) in [6.07, 6.45) is 0. The quantitative estimate of drug-likeness (QED) is 0.239. The van der Waals surface area contributed by atoms with Crippen molar-refractivity contribution in [2.24, 2.45) is 5.16 Å². The van der Waals surface area contributed by atoms with Gasteiger partial charge in [-0.1, -0.05) is 5.16 Å². The van der Waals surface area contributed by atoms with Crippen LogP contribution in [0, 0.1) is 0 Å². The third kappa shape index (κ3) is 1.40. The third-order valence-electron chi connectivity index (χ3n) is 3.13. The molecule has 6 nitrogen and oxygen atoms in total. The lowest BCUT2D eigenvalue weighted by atomic mass is 10.0. The number of benzene rings is 2. The molecule has 0 heterocycles. The minimum atomic E-state index is -0.346. The van der Waals surface area contributed by atoms with Crippen LogP contribution in [-0.4, -0.2) is 31.3 Å². The molecule has 0 unspecified atom stereocenters. The van der Waals surface area contributed by atoms with Crippen LogP contribution in [0.5, 0.6) is 23.0 Å². The van der Waals surface area contributed by atoms with E-state index in [1.807, 2.05) is 0 Å². The minimum Gasteiger partial charge on any atom is -0.504 e. The number of phenols is 4. The lowest BCUT2D eigenvalue weighted by molar-refractivity contribution is 0.319. The number of aromatic hydroxyl groups is 4. The van der Waals surface area contributed by atoms with Crippen LogP contribution >= 0.6 is 0 Å². The summed E-state index contributed by atoms with van der Waals surface area (Å²) in [6.45, 7) is 0. The summed E-state index contributed by atoms with van der Waals surface area (Å²) in [6, 6.07) is 5.12. The lowest BCUT2D eigenvalue weighted by Crippen LogP contribution is -1.97. The molecular formula is C13H9NO5. The normalized spacial score (nSPS) is 12.1. The summed E-state index contributed by atoms with van der Waals surface area (Å²) in [7, 11) is 0. The fourth-order valence-corrected chi connectivity index (χ4v) is 2.24. The van der Waals surface area contributed by atoms with Crippen molar-refractivity contribution >= 4 is 5.71 Å². The number of nitrogens with zero attached hydrogens (tertiary/aromatic N) is 1. The molecule has 0 radical (unpaired) electrons. The number of hydrogen-bond acceptors (Lipinski definition) is 6. The molecule has 0 aromatic heterocycles. The second kappa shape index (κ2) is 3.55. The average molecular weight is 259 g/mol. The van der Waals surface area contributed by atoms with Gasteiger partial charge in [-0.25, -0.2) is 0 Å². The number of oxime groups is 1. The van der Waals surface area contributed by atoms with Gasteiger partial charge in [-0.2, -0.15) is 0 Å². The van der Waals surface area contributed by atoms with Crippen molar-refractivity contribution in [1.29, 1.82) is 0 Å². The molecule has 2 aromatic carbocycles. The zero-order chi connectivity index (χ0) is 13.7. The fourth-order valence-electron chi connectivity index (χ4n) is 2.24. The van der Waals surface area contributed by atoms with Gasteiger partial charge in [0.15, 0.2) is 23.0 Å². The summed E-state index contributed by atoms with van der Waals surface area (Å²) >= 11 is 0. The van der Waals surface area contributed by atoms with Crippen LogP contribution in [0.1, 0.15) is 11.1 Å². The highest BCUT2D eigenvalue weighted by Crippen LogP contribution is 2.45. The van der Waals surface area contributed by atoms with Crippen LogP contribution in [0.15, 0.2) is 29.4 Å². The Bertz CT molecular complexity index is 677. The number of fused-ring (bicyclic) bond motifs is 3. The van der Waals surface area contributed by atoms with E-state index in [0.29, 0.717) is 22.3 Å². The highest BCUT2D eigenvalue weighted by atomic mass is 16.4. The molecule has 0 aliphatic heterocycles. The van der Waals surface area contributed by atoms with Crippen molar-refractivity contribution in [1.82, 2.24) is 0 Å². The Morgan fingerprint density at radius 1 is 0.579 bits per heavy atom. The number of phenolic OH excluding ortho intramolecular Hbond substituents is 4. The molecule has 19 heavy (non-hydrogen) atoms. The lowest BCUT2D eigenvalue weighted by Gasteiger charge is -2.04. The first-order chi connectivity index (χ1) is 9.02. The Labute approximate surface area is 107 Å². The van der Waals surface area contributed by atoms with Crippen LogP contribution < -0.4 is 0 Å². The number of rotatable bonds is 0. The van der Waals surface area contributed by atoms with E-state index in [2.05, 4.69) is 5.16 Å². The predicted molar refractivity (Wildman–Crippen MR) is 66.0 cm³/mol. The molecule has 6 heteroatoms. The molecule has 5 N–H and O–H groups in total. The van der Waals surface area contributed by atoms with Crippen LogP contribution in [-0.2, 0) is 0 Å². The van der Waals surface area contributed by atoms with Crippen LogP contribution in [0.2, 0.25) is 0 Å². The van der Waals surface area contributed by atoms with E-state index in [-0.39, 0.29) is 28.7 Å². The van der Waals surface area contributed by atoms with Gasteiger partial charge in [-0.3, -0.25) is 0 Å². The van der Waals surface area contributed by atoms with E-state index >= 15 is 0 Å². The zero-order valence-electron chi connectivity index (χ0n) is 9.49. The molecule has 0 amide bonds. The van der Waals surface area contributed by atoms with E-state index in [9.17, 15) is 20.4 Å². The topological polar surface area (TPSA) is 114 Å². The Kier molecular flexibility index (Phi) is 2.10. The summed E-state index contributed by atoms with van der Waals surface area (Å²) in [4.78, 5) is 0. The predicted octanol–water partition coefficient (Wildman–Crippen LogP) is 1.72. The first-order valence-corrected chi connectivity index (χ1v) is 5.38. The van der Waals surface area contributed by atoms with E-state index in [1.54, 1.807) is 0 Å². The smallest absolute Gasteiger partial charge is 0.158 e. The molecule has 1 aliphatic rings. The van der Waals surface area contributed by atoms with Gasteiger partial charge in [0.25, 0.3) is 0 Å². The summed E-state index contributed by atoms with van der Waals surface area (Å²) in [5.74, 6) is -1.34. The van der Waals surface area contributed by atoms with Crippen molar-refractivity contribution in [3.8, 4) is 34.1 Å². The SMILES string of the molecule is ON=C1c2cc(O)c(O)cc2-c2cc(O)c(O)cc21. The van der Waals surface area contributed by atoms with E-state index in [0.717, 1.165) is 0 Å². The van der Waals surface area contributed by atoms with Crippen LogP contribution in [0.3, 0.4) is 0 Å². The average Bonchev–Trinajstić information content (AvgIpc) is 2.64. The van der Waals surface area contributed by atoms with Crippen molar-refractivity contribution in [2.45, 2.75) is 0 Å². The molecule has 0 spiro atoms. The van der Waals surface area contributed by atoms with Gasteiger partial charge in [0.05, 0.1) is 0 Å². The van der Waals surface area contributed by atoms with Crippen LogP contribution in [0.4, 0.5) is 0 Å². The number of hydrogen-bond donors (Lipinski definition) is 5. The maximum absolute atomic E-state index is 9.53. The maximum atomic E-state index is 9.53. The van der Waals surface area contributed by atoms with Gasteiger partial charge < -0.3 is 25.6 Å². The van der Waals surface area contributed by atoms with Crippen molar-refractivity contribution < 1.29 is 25.6 Å². The molecule has 2 aromatic rings. The third-order valence-corrected chi connectivity index (χ3v) is 3.13. The van der Waals surface area contributed by atoms with Crippen molar-refractivity contribution in [3.05, 3.63) is 35.4 Å². The molecule has 0 saturated heterocycles. The van der Waals surface area contributed by atoms with Gasteiger partial charge >= 0.3 is 0 Å². The molecule has 0 atom stereocenters. The Balaban J connectivity index is 2.40. The second-order valence-corrected chi connectivity index (χ2v) is 4.22. The van der Waals surface area contributed by atoms with E-state index in [1.165, 1.54) is 24.3 Å². The molecule has 1 aliphatic carbocycles. The van der Waals surface area contributed by atoms with E-state index in [4.69, 9.17) is 5.21 Å². The van der Waals surface area contributed by atoms with E-state index < -0.39 is 0 Å². The molecule has 0 fully saturated rings. The zero-order valence-corrected chi connectivity index (χ0v) is 9.49. The van der Waals surface area contributed by atoms with Crippen molar-refractivity contribution in [2.75, 3.05) is 0 Å². The molecular weight excluding hydrogens is 250 g/mol. The molecule has 96 valence electrons. The largest absolute Gasteiger partial charge is 0.504 e. The van der Waals surface area contributed by atoms with Gasteiger partial charge in [0.1, 0.15) is 5.71 Å². The summed E-state index contributed by atoms with van der Waals surface area (Å²) in [5.41, 5.74) is 1.94. The first-order valence-electron chi connectivity index (χ1n) is 5.38. The van der Waals surface area contributed by atoms with Gasteiger partial charge in [-0.15, -0.1) is 0 Å². The maximum Gasteiger partial charge on any atom is 0.158 e. The minimum absolute atomic E-state index is 0.149. The highest BCUT2D eigenvalue weighted by Gasteiger charge is 2.28. The Morgan fingerprint density at radius 3 is 1.21 bits per heavy atom. The highest BCUT2D eigenvalue weighted by molar-refractivity contribution is 6.25. The fraction of sp³-hybridized carbons (Fsp3) is 0. The monoisotopic (exact) mass is 259 g/mol. The summed E-state index contributed by atoms with van der Waals surface area (Å²) in [5, 5.41) is 50.3. The molecule has 0 saturated carbocycles. The van der Waals surface area contributed by atoms with Gasteiger partial charge in [0.2, 0.25) is 0 Å². The first kappa shape index (κ1) is 11.2. The Hall–Kier alpha value is -2.89. The molecule has 0 bridgehead atoms. The standard InChI is InChI=1S/C13H9NO5/c15-9-1-5-6-2-10(16)12(18)4-8(6)13(14-19)7(5)3-11(9)17/h1-4,15-19H.